The summed E-state index contributed by atoms with van der Waals surface area (Å²) in [5, 5.41) is 8.62. The molecule has 178 valence electrons. The molecular formula is C27H17Cl3N4O2. The summed E-state index contributed by atoms with van der Waals surface area (Å²) in [7, 11) is 0. The van der Waals surface area contributed by atoms with E-state index >= 15 is 0 Å². The standard InChI is InChI=1S/C27H17Cl3N4O2/c28-18-8-6-17(7-9-18)26-32-25(33-34(26)20-12-15-23(29)24(30)16-20)27(35)31-19-10-13-22(14-11-19)36-21-4-2-1-3-5-21/h1-16H,(H,31,35). The first-order valence-electron chi connectivity index (χ1n) is 10.8. The van der Waals surface area contributed by atoms with E-state index in [0.29, 0.717) is 38.0 Å². The van der Waals surface area contributed by atoms with Crippen LogP contribution in [0, 0.1) is 0 Å². The zero-order chi connectivity index (χ0) is 25.1. The van der Waals surface area contributed by atoms with Crippen LogP contribution >= 0.6 is 34.8 Å². The van der Waals surface area contributed by atoms with Gasteiger partial charge >= 0.3 is 0 Å². The summed E-state index contributed by atoms with van der Waals surface area (Å²) in [6.07, 6.45) is 0. The van der Waals surface area contributed by atoms with Crippen LogP contribution in [0.1, 0.15) is 10.6 Å². The van der Waals surface area contributed by atoms with Gasteiger partial charge in [0.25, 0.3) is 5.91 Å². The molecule has 0 aliphatic rings. The van der Waals surface area contributed by atoms with Crippen molar-refractivity contribution in [2.45, 2.75) is 0 Å². The molecule has 1 amide bonds. The number of nitrogens with one attached hydrogen (secondary N) is 1. The second-order valence-electron chi connectivity index (χ2n) is 7.67. The largest absolute Gasteiger partial charge is 0.457 e. The van der Waals surface area contributed by atoms with E-state index in [0.717, 1.165) is 11.3 Å². The van der Waals surface area contributed by atoms with Crippen molar-refractivity contribution in [2.75, 3.05) is 5.32 Å². The van der Waals surface area contributed by atoms with Gasteiger partial charge in [-0.05, 0) is 78.9 Å². The van der Waals surface area contributed by atoms with Crippen molar-refractivity contribution in [3.63, 3.8) is 0 Å². The number of anilines is 1. The van der Waals surface area contributed by atoms with Gasteiger partial charge in [-0.15, -0.1) is 5.10 Å². The third-order valence-corrected chi connectivity index (χ3v) is 6.14. The molecule has 0 aliphatic heterocycles. The van der Waals surface area contributed by atoms with Crippen molar-refractivity contribution < 1.29 is 9.53 Å². The molecule has 0 fully saturated rings. The highest BCUT2D eigenvalue weighted by Gasteiger charge is 2.19. The molecule has 0 bridgehead atoms. The molecule has 4 aromatic carbocycles. The first kappa shape index (κ1) is 23.9. The Morgan fingerprint density at radius 2 is 1.47 bits per heavy atom. The van der Waals surface area contributed by atoms with E-state index < -0.39 is 5.91 Å². The molecular weight excluding hydrogens is 519 g/mol. The predicted molar refractivity (Wildman–Crippen MR) is 143 cm³/mol. The van der Waals surface area contributed by atoms with Gasteiger partial charge in [-0.3, -0.25) is 4.79 Å². The molecule has 0 unspecified atom stereocenters. The maximum atomic E-state index is 13.0. The number of halogens is 3. The van der Waals surface area contributed by atoms with Crippen LogP contribution < -0.4 is 10.1 Å². The Morgan fingerprint density at radius 1 is 0.778 bits per heavy atom. The molecule has 0 radical (unpaired) electrons. The highest BCUT2D eigenvalue weighted by molar-refractivity contribution is 6.42. The monoisotopic (exact) mass is 534 g/mol. The first-order valence-corrected chi connectivity index (χ1v) is 11.9. The number of aromatic nitrogens is 3. The fraction of sp³-hybridized carbons (Fsp3) is 0. The normalized spacial score (nSPS) is 10.8. The van der Waals surface area contributed by atoms with Gasteiger partial charge in [-0.1, -0.05) is 53.0 Å². The summed E-state index contributed by atoms with van der Waals surface area (Å²) in [5.74, 6) is 1.32. The van der Waals surface area contributed by atoms with Gasteiger partial charge in [0.1, 0.15) is 11.5 Å². The minimum Gasteiger partial charge on any atom is -0.457 e. The van der Waals surface area contributed by atoms with Crippen LogP contribution in [0.2, 0.25) is 15.1 Å². The van der Waals surface area contributed by atoms with E-state index in [2.05, 4.69) is 15.4 Å². The third kappa shape index (κ3) is 5.36. The zero-order valence-electron chi connectivity index (χ0n) is 18.5. The molecule has 6 nitrogen and oxygen atoms in total. The van der Waals surface area contributed by atoms with Gasteiger partial charge in [0, 0.05) is 16.3 Å². The van der Waals surface area contributed by atoms with E-state index in [9.17, 15) is 4.79 Å². The topological polar surface area (TPSA) is 69.0 Å². The van der Waals surface area contributed by atoms with Crippen LogP contribution in [0.15, 0.2) is 97.1 Å². The van der Waals surface area contributed by atoms with E-state index in [1.54, 1.807) is 66.7 Å². The fourth-order valence-electron chi connectivity index (χ4n) is 3.41. The Balaban J connectivity index is 1.42. The maximum Gasteiger partial charge on any atom is 0.295 e. The number of para-hydroxylation sites is 1. The number of carbonyl (C=O) groups excluding carboxylic acids is 1. The quantitative estimate of drug-likeness (QED) is 0.240. The summed E-state index contributed by atoms with van der Waals surface area (Å²) in [6, 6.07) is 28.6. The van der Waals surface area contributed by atoms with E-state index in [4.69, 9.17) is 39.5 Å². The smallest absolute Gasteiger partial charge is 0.295 e. The number of carbonyl (C=O) groups is 1. The molecule has 0 atom stereocenters. The molecule has 0 saturated heterocycles. The van der Waals surface area contributed by atoms with Crippen molar-refractivity contribution in [3.05, 3.63) is 118 Å². The molecule has 9 heteroatoms. The van der Waals surface area contributed by atoms with Gasteiger partial charge in [0.2, 0.25) is 5.82 Å². The van der Waals surface area contributed by atoms with Gasteiger partial charge in [0.05, 0.1) is 15.7 Å². The lowest BCUT2D eigenvalue weighted by Crippen LogP contribution is -2.14. The van der Waals surface area contributed by atoms with Crippen molar-refractivity contribution >= 4 is 46.4 Å². The van der Waals surface area contributed by atoms with E-state index in [1.165, 1.54) is 4.68 Å². The zero-order valence-corrected chi connectivity index (χ0v) is 20.8. The second kappa shape index (κ2) is 10.4. The Bertz CT molecular complexity index is 1520. The molecule has 0 saturated carbocycles. The number of benzene rings is 4. The Morgan fingerprint density at radius 3 is 2.17 bits per heavy atom. The lowest BCUT2D eigenvalue weighted by molar-refractivity contribution is 0.101. The Kier molecular flexibility index (Phi) is 6.91. The number of ether oxygens (including phenoxy) is 1. The summed E-state index contributed by atoms with van der Waals surface area (Å²) in [4.78, 5) is 17.5. The van der Waals surface area contributed by atoms with Crippen LogP contribution in [-0.4, -0.2) is 20.7 Å². The van der Waals surface area contributed by atoms with Crippen LogP contribution in [0.25, 0.3) is 17.1 Å². The first-order chi connectivity index (χ1) is 17.5. The van der Waals surface area contributed by atoms with Crippen molar-refractivity contribution in [3.8, 4) is 28.6 Å². The summed E-state index contributed by atoms with van der Waals surface area (Å²) in [5.41, 5.74) is 1.89. The van der Waals surface area contributed by atoms with Crippen molar-refractivity contribution in [2.24, 2.45) is 0 Å². The van der Waals surface area contributed by atoms with Crippen LogP contribution in [0.5, 0.6) is 11.5 Å². The lowest BCUT2D eigenvalue weighted by atomic mass is 10.2. The van der Waals surface area contributed by atoms with Crippen LogP contribution in [0.3, 0.4) is 0 Å². The minimum absolute atomic E-state index is 0.0179. The van der Waals surface area contributed by atoms with Crippen LogP contribution in [0.4, 0.5) is 5.69 Å². The molecule has 0 spiro atoms. The SMILES string of the molecule is O=C(Nc1ccc(Oc2ccccc2)cc1)c1nc(-c2ccc(Cl)cc2)n(-c2ccc(Cl)c(Cl)c2)n1. The maximum absolute atomic E-state index is 13.0. The summed E-state index contributed by atoms with van der Waals surface area (Å²) in [6.45, 7) is 0. The highest BCUT2D eigenvalue weighted by Crippen LogP contribution is 2.28. The van der Waals surface area contributed by atoms with Gasteiger partial charge in [0.15, 0.2) is 5.82 Å². The molecule has 1 heterocycles. The van der Waals surface area contributed by atoms with E-state index in [-0.39, 0.29) is 5.82 Å². The van der Waals surface area contributed by atoms with Crippen molar-refractivity contribution in [1.29, 1.82) is 0 Å². The summed E-state index contributed by atoms with van der Waals surface area (Å²) < 4.78 is 7.33. The molecule has 1 N–H and O–H groups in total. The Labute approximate surface area is 222 Å². The minimum atomic E-state index is -0.472. The Hall–Kier alpha value is -3.84. The molecule has 5 aromatic rings. The third-order valence-electron chi connectivity index (χ3n) is 5.15. The van der Waals surface area contributed by atoms with Gasteiger partial charge in [-0.2, -0.15) is 0 Å². The lowest BCUT2D eigenvalue weighted by Gasteiger charge is -2.07. The van der Waals surface area contributed by atoms with Crippen LogP contribution in [-0.2, 0) is 0 Å². The number of nitrogens with zero attached hydrogens (tertiary/aromatic N) is 3. The van der Waals surface area contributed by atoms with Crippen molar-refractivity contribution in [1.82, 2.24) is 14.8 Å². The van der Waals surface area contributed by atoms with Gasteiger partial charge < -0.3 is 10.1 Å². The predicted octanol–water partition coefficient (Wildman–Crippen LogP) is 7.94. The van der Waals surface area contributed by atoms with Gasteiger partial charge in [-0.25, -0.2) is 9.67 Å². The molecule has 1 aromatic heterocycles. The number of hydrogen-bond acceptors (Lipinski definition) is 4. The summed E-state index contributed by atoms with van der Waals surface area (Å²) >= 11 is 18.4. The number of amides is 1. The number of hydrogen-bond donors (Lipinski definition) is 1. The van der Waals surface area contributed by atoms with E-state index in [1.807, 2.05) is 30.3 Å². The molecule has 36 heavy (non-hydrogen) atoms. The molecule has 0 aliphatic carbocycles. The molecule has 5 rings (SSSR count). The highest BCUT2D eigenvalue weighted by atomic mass is 35.5. The average Bonchev–Trinajstić information content (AvgIpc) is 3.34. The number of rotatable bonds is 6. The average molecular weight is 536 g/mol. The second-order valence-corrected chi connectivity index (χ2v) is 8.92. The fourth-order valence-corrected chi connectivity index (χ4v) is 3.83.